The van der Waals surface area contributed by atoms with Gasteiger partial charge in [0.25, 0.3) is 0 Å². The van der Waals surface area contributed by atoms with Crippen molar-refractivity contribution in [1.29, 1.82) is 0 Å². The van der Waals surface area contributed by atoms with Gasteiger partial charge in [-0.3, -0.25) is 9.59 Å². The molecule has 0 spiro atoms. The fraction of sp³-hybridized carbons (Fsp3) is 0.935. The first kappa shape index (κ1) is 32.9. The molecule has 0 aromatic heterocycles. The molecule has 0 aromatic carbocycles. The summed E-state index contributed by atoms with van der Waals surface area (Å²) in [5.41, 5.74) is 0. The number of carbonyl (C=O) groups excluding carboxylic acids is 2. The Labute approximate surface area is 224 Å². The lowest BCUT2D eigenvalue weighted by Gasteiger charge is -2.15. The van der Waals surface area contributed by atoms with Crippen LogP contribution in [0, 0.1) is 0 Å². The third-order valence-electron chi connectivity index (χ3n) is 6.78. The summed E-state index contributed by atoms with van der Waals surface area (Å²) in [6, 6.07) is 0. The molecular weight excluding hydrogens is 452 g/mol. The Balaban J connectivity index is 3.72. The molecule has 0 saturated carbocycles. The molecule has 5 heteroatoms. The van der Waals surface area contributed by atoms with Gasteiger partial charge in [-0.1, -0.05) is 142 Å². The van der Waals surface area contributed by atoms with Crippen molar-refractivity contribution >= 4 is 11.9 Å². The highest BCUT2D eigenvalue weighted by Gasteiger charge is 2.16. The van der Waals surface area contributed by atoms with Gasteiger partial charge >= 0.3 is 11.9 Å². The van der Waals surface area contributed by atoms with E-state index in [0.717, 1.165) is 38.5 Å². The van der Waals surface area contributed by atoms with Crippen molar-refractivity contribution in [3.8, 4) is 0 Å². The van der Waals surface area contributed by atoms with E-state index < -0.39 is 31.2 Å². The van der Waals surface area contributed by atoms with Crippen molar-refractivity contribution in [3.63, 3.8) is 0 Å². The highest BCUT2D eigenvalue weighted by molar-refractivity contribution is 5.70. The number of rotatable bonds is 28. The molecule has 0 aliphatic carbocycles. The number of esters is 2. The van der Waals surface area contributed by atoms with Crippen LogP contribution < -0.4 is 0 Å². The van der Waals surface area contributed by atoms with E-state index in [0.29, 0.717) is 0 Å². The zero-order chi connectivity index (χ0) is 27.4. The second-order valence-corrected chi connectivity index (χ2v) is 10.4. The fourth-order valence-electron chi connectivity index (χ4n) is 4.41. The summed E-state index contributed by atoms with van der Waals surface area (Å²) >= 11 is 0. The van der Waals surface area contributed by atoms with E-state index in [1.807, 2.05) is 0 Å². The van der Waals surface area contributed by atoms with E-state index in [2.05, 4.69) is 13.8 Å². The quantitative estimate of drug-likeness (QED) is 0.0835. The summed E-state index contributed by atoms with van der Waals surface area (Å²) in [6.45, 7) is 2.57. The average Bonchev–Trinajstić information content (AvgIpc) is 2.88. The first-order chi connectivity index (χ1) is 18.0. The standard InChI is InChI=1S/C31H60O5/c1-3-5-7-9-11-13-15-17-19-21-23-25-30(33)35-28-29(27-32)36-31(34)26-24-22-20-18-16-14-12-10-8-6-4-2/h29,32H,3-28H2,1-2H3/i28D. The molecule has 0 aromatic rings. The maximum absolute atomic E-state index is 12.1. The molecule has 0 bridgehead atoms. The smallest absolute Gasteiger partial charge is 0.306 e. The Hall–Kier alpha value is -1.10. The molecule has 5 nitrogen and oxygen atoms in total. The molecule has 214 valence electrons. The maximum atomic E-state index is 12.1. The molecule has 2 atom stereocenters. The van der Waals surface area contributed by atoms with Gasteiger partial charge in [0.1, 0.15) is 6.58 Å². The summed E-state index contributed by atoms with van der Waals surface area (Å²) in [5, 5.41) is 9.51. The Morgan fingerprint density at radius 2 is 0.917 bits per heavy atom. The molecule has 0 amide bonds. The van der Waals surface area contributed by atoms with E-state index in [-0.39, 0.29) is 12.8 Å². The van der Waals surface area contributed by atoms with Crippen LogP contribution in [0.25, 0.3) is 0 Å². The van der Waals surface area contributed by atoms with Crippen LogP contribution in [-0.2, 0) is 19.1 Å². The van der Waals surface area contributed by atoms with Crippen LogP contribution in [0.4, 0.5) is 0 Å². The number of aliphatic hydroxyl groups excluding tert-OH is 1. The van der Waals surface area contributed by atoms with Crippen molar-refractivity contribution in [2.24, 2.45) is 0 Å². The van der Waals surface area contributed by atoms with Crippen molar-refractivity contribution in [3.05, 3.63) is 0 Å². The molecule has 2 unspecified atom stereocenters. The van der Waals surface area contributed by atoms with Crippen LogP contribution in [0.3, 0.4) is 0 Å². The lowest BCUT2D eigenvalue weighted by Crippen LogP contribution is -2.28. The van der Waals surface area contributed by atoms with Gasteiger partial charge in [0.15, 0.2) is 6.10 Å². The average molecular weight is 514 g/mol. The van der Waals surface area contributed by atoms with E-state index in [1.165, 1.54) is 103 Å². The SMILES string of the molecule is [2H]C(OC(=O)CCCCCCCCCCCCC)C(CO)OC(=O)CCCCCCCCCCCCC. The van der Waals surface area contributed by atoms with Crippen molar-refractivity contribution in [1.82, 2.24) is 0 Å². The lowest BCUT2D eigenvalue weighted by atomic mass is 10.1. The third-order valence-corrected chi connectivity index (χ3v) is 6.78. The Bertz CT molecular complexity index is 514. The van der Waals surface area contributed by atoms with E-state index >= 15 is 0 Å². The minimum atomic E-state index is -1.38. The van der Waals surface area contributed by atoms with Crippen LogP contribution in [-0.4, -0.2) is 36.3 Å². The Morgan fingerprint density at radius 1 is 0.583 bits per heavy atom. The third kappa shape index (κ3) is 26.0. The van der Waals surface area contributed by atoms with Gasteiger partial charge < -0.3 is 14.6 Å². The highest BCUT2D eigenvalue weighted by atomic mass is 16.6. The van der Waals surface area contributed by atoms with E-state index in [1.54, 1.807) is 0 Å². The number of hydrogen-bond acceptors (Lipinski definition) is 5. The fourth-order valence-corrected chi connectivity index (χ4v) is 4.41. The van der Waals surface area contributed by atoms with Crippen molar-refractivity contribution in [2.75, 3.05) is 13.2 Å². The minimum Gasteiger partial charge on any atom is -0.462 e. The summed E-state index contributed by atoms with van der Waals surface area (Å²) in [5.74, 6) is -0.899. The number of hydrogen-bond donors (Lipinski definition) is 1. The molecule has 36 heavy (non-hydrogen) atoms. The molecule has 0 aliphatic heterocycles. The number of carbonyl (C=O) groups is 2. The van der Waals surface area contributed by atoms with Gasteiger partial charge in [-0.2, -0.15) is 0 Å². The van der Waals surface area contributed by atoms with E-state index in [9.17, 15) is 14.7 Å². The molecule has 0 radical (unpaired) electrons. The number of aliphatic hydroxyl groups is 1. The largest absolute Gasteiger partial charge is 0.462 e. The lowest BCUT2D eigenvalue weighted by molar-refractivity contribution is -0.161. The molecule has 0 rings (SSSR count). The monoisotopic (exact) mass is 513 g/mol. The summed E-state index contributed by atoms with van der Waals surface area (Å²) in [4.78, 5) is 24.1. The second-order valence-electron chi connectivity index (χ2n) is 10.4. The van der Waals surface area contributed by atoms with Gasteiger partial charge in [0, 0.05) is 12.8 Å². The Morgan fingerprint density at radius 3 is 1.28 bits per heavy atom. The maximum Gasteiger partial charge on any atom is 0.306 e. The Kier molecular flexibility index (Phi) is 26.0. The minimum absolute atomic E-state index is 0.261. The number of ether oxygens (including phenoxy) is 2. The zero-order valence-corrected chi connectivity index (χ0v) is 23.9. The number of unbranched alkanes of at least 4 members (excludes halogenated alkanes) is 20. The van der Waals surface area contributed by atoms with Crippen molar-refractivity contribution in [2.45, 2.75) is 174 Å². The van der Waals surface area contributed by atoms with E-state index in [4.69, 9.17) is 10.8 Å². The van der Waals surface area contributed by atoms with Crippen LogP contribution in [0.15, 0.2) is 0 Å². The summed E-state index contributed by atoms with van der Waals surface area (Å²) in [7, 11) is 0. The normalized spacial score (nSPS) is 13.2. The first-order valence-electron chi connectivity index (χ1n) is 16.0. The second kappa shape index (κ2) is 28.5. The van der Waals surface area contributed by atoms with Crippen LogP contribution in [0.5, 0.6) is 0 Å². The van der Waals surface area contributed by atoms with Gasteiger partial charge in [0.2, 0.25) is 0 Å². The molecule has 0 heterocycles. The van der Waals surface area contributed by atoms with Gasteiger partial charge in [0.05, 0.1) is 7.98 Å². The molecular formula is C31H60O5. The van der Waals surface area contributed by atoms with Gasteiger partial charge in [-0.25, -0.2) is 0 Å². The van der Waals surface area contributed by atoms with Crippen LogP contribution in [0.1, 0.15) is 169 Å². The van der Waals surface area contributed by atoms with Gasteiger partial charge in [-0.15, -0.1) is 0 Å². The zero-order valence-electron chi connectivity index (χ0n) is 24.9. The first-order valence-corrected chi connectivity index (χ1v) is 15.5. The van der Waals surface area contributed by atoms with Crippen LogP contribution >= 0.6 is 0 Å². The summed E-state index contributed by atoms with van der Waals surface area (Å²) < 4.78 is 18.3. The predicted octanol–water partition coefficient (Wildman–Crippen LogP) is 8.84. The topological polar surface area (TPSA) is 72.8 Å². The highest BCUT2D eigenvalue weighted by Crippen LogP contribution is 2.14. The molecule has 0 fully saturated rings. The van der Waals surface area contributed by atoms with Crippen molar-refractivity contribution < 1.29 is 25.5 Å². The van der Waals surface area contributed by atoms with Crippen LogP contribution in [0.2, 0.25) is 0 Å². The van der Waals surface area contributed by atoms with Gasteiger partial charge in [-0.05, 0) is 12.8 Å². The predicted molar refractivity (Wildman–Crippen MR) is 150 cm³/mol. The molecule has 0 saturated heterocycles. The molecule has 0 aliphatic rings. The molecule has 1 N–H and O–H groups in total. The summed E-state index contributed by atoms with van der Waals surface area (Å²) in [6.07, 6.45) is 25.9.